The second kappa shape index (κ2) is 8.10. The molecule has 0 saturated carbocycles. The number of nitrogens with zero attached hydrogens (tertiary/aromatic N) is 3. The summed E-state index contributed by atoms with van der Waals surface area (Å²) in [4.78, 5) is 53.8. The van der Waals surface area contributed by atoms with Crippen LogP contribution in [-0.4, -0.2) is 84.4 Å². The van der Waals surface area contributed by atoms with Crippen LogP contribution >= 0.6 is 0 Å². The van der Waals surface area contributed by atoms with Gasteiger partial charge in [-0.2, -0.15) is 0 Å². The van der Waals surface area contributed by atoms with Gasteiger partial charge in [0.1, 0.15) is 13.2 Å². The third-order valence-electron chi connectivity index (χ3n) is 5.64. The predicted octanol–water partition coefficient (Wildman–Crippen LogP) is 0.374. The summed E-state index contributed by atoms with van der Waals surface area (Å²) < 4.78 is 4.86. The Balaban J connectivity index is 1.31. The van der Waals surface area contributed by atoms with Crippen LogP contribution in [-0.2, 0) is 14.3 Å². The molecule has 154 valence electrons. The lowest BCUT2D eigenvalue weighted by atomic mass is 10.0. The van der Waals surface area contributed by atoms with Gasteiger partial charge in [0.25, 0.3) is 5.91 Å². The number of benzene rings is 1. The van der Waals surface area contributed by atoms with Crippen LogP contribution in [0.1, 0.15) is 34.8 Å². The fourth-order valence-electron chi connectivity index (χ4n) is 4.03. The van der Waals surface area contributed by atoms with Gasteiger partial charge in [-0.15, -0.1) is 0 Å². The van der Waals surface area contributed by atoms with Crippen LogP contribution < -0.4 is 5.32 Å². The van der Waals surface area contributed by atoms with Gasteiger partial charge in [0.15, 0.2) is 0 Å². The quantitative estimate of drug-likeness (QED) is 0.788. The molecule has 4 amide bonds. The van der Waals surface area contributed by atoms with E-state index in [2.05, 4.69) is 5.32 Å². The molecule has 1 aromatic rings. The standard InChI is InChI=1S/C20H24N4O5/c25-17(12-16-14-4-1-2-5-15(14)19(27)21-16)22-6-3-7-23(9-8-22)18(26)13-24-10-11-29-20(24)28/h1-2,4-5,16H,3,6-13H2,(H,21,27). The van der Waals surface area contributed by atoms with Crippen molar-refractivity contribution in [2.24, 2.45) is 0 Å². The SMILES string of the molecule is O=C1NC(CC(=O)N2CCCN(C(=O)CN3CCOC3=O)CC2)c2ccccc21. The van der Waals surface area contributed by atoms with Crippen molar-refractivity contribution in [1.82, 2.24) is 20.0 Å². The van der Waals surface area contributed by atoms with E-state index in [9.17, 15) is 19.2 Å². The fourth-order valence-corrected chi connectivity index (χ4v) is 4.03. The number of carbonyl (C=O) groups is 4. The Hall–Kier alpha value is -3.10. The largest absolute Gasteiger partial charge is 0.448 e. The molecular formula is C20H24N4O5. The average Bonchev–Trinajstić information content (AvgIpc) is 3.14. The Morgan fingerprint density at radius 3 is 2.45 bits per heavy atom. The molecule has 9 nitrogen and oxygen atoms in total. The summed E-state index contributed by atoms with van der Waals surface area (Å²) in [5, 5.41) is 2.88. The molecule has 0 radical (unpaired) electrons. The maximum absolute atomic E-state index is 12.8. The molecule has 0 aliphatic carbocycles. The number of rotatable bonds is 4. The summed E-state index contributed by atoms with van der Waals surface area (Å²) in [5.41, 5.74) is 1.48. The highest BCUT2D eigenvalue weighted by atomic mass is 16.6. The van der Waals surface area contributed by atoms with Gasteiger partial charge in [-0.05, 0) is 18.1 Å². The minimum atomic E-state index is -0.455. The molecule has 1 N–H and O–H groups in total. The van der Waals surface area contributed by atoms with Crippen LogP contribution in [0.4, 0.5) is 4.79 Å². The van der Waals surface area contributed by atoms with Crippen molar-refractivity contribution in [1.29, 1.82) is 0 Å². The number of nitrogens with one attached hydrogen (secondary N) is 1. The first kappa shape index (κ1) is 19.2. The normalized spacial score (nSPS) is 21.5. The lowest BCUT2D eigenvalue weighted by Gasteiger charge is -2.24. The molecule has 0 spiro atoms. The monoisotopic (exact) mass is 400 g/mol. The third-order valence-corrected chi connectivity index (χ3v) is 5.64. The van der Waals surface area contributed by atoms with E-state index in [1.54, 1.807) is 15.9 Å². The van der Waals surface area contributed by atoms with Crippen LogP contribution in [0.25, 0.3) is 0 Å². The van der Waals surface area contributed by atoms with Crippen LogP contribution in [0, 0.1) is 0 Å². The summed E-state index contributed by atoms with van der Waals surface area (Å²) in [7, 11) is 0. The molecule has 1 atom stereocenters. The van der Waals surface area contributed by atoms with E-state index in [-0.39, 0.29) is 36.7 Å². The van der Waals surface area contributed by atoms with E-state index in [1.807, 2.05) is 18.2 Å². The Morgan fingerprint density at radius 2 is 1.72 bits per heavy atom. The smallest absolute Gasteiger partial charge is 0.410 e. The highest BCUT2D eigenvalue weighted by molar-refractivity contribution is 5.99. The summed E-state index contributed by atoms with van der Waals surface area (Å²) >= 11 is 0. The van der Waals surface area contributed by atoms with E-state index in [4.69, 9.17) is 4.74 Å². The maximum atomic E-state index is 12.8. The van der Waals surface area contributed by atoms with Gasteiger partial charge >= 0.3 is 6.09 Å². The van der Waals surface area contributed by atoms with Crippen molar-refractivity contribution < 1.29 is 23.9 Å². The molecule has 9 heteroatoms. The minimum absolute atomic E-state index is 0.0116. The Morgan fingerprint density at radius 1 is 1.00 bits per heavy atom. The summed E-state index contributed by atoms with van der Waals surface area (Å²) in [5.74, 6) is -0.314. The average molecular weight is 400 g/mol. The zero-order valence-electron chi connectivity index (χ0n) is 16.1. The molecule has 3 aliphatic rings. The Bertz CT molecular complexity index is 842. The van der Waals surface area contributed by atoms with Crippen molar-refractivity contribution in [3.63, 3.8) is 0 Å². The number of fused-ring (bicyclic) bond motifs is 1. The van der Waals surface area contributed by atoms with Gasteiger partial charge in [-0.25, -0.2) is 4.79 Å². The zero-order chi connectivity index (χ0) is 20.4. The summed E-state index contributed by atoms with van der Waals surface area (Å²) in [6, 6.07) is 7.00. The molecule has 0 bridgehead atoms. The molecular weight excluding hydrogens is 376 g/mol. The van der Waals surface area contributed by atoms with Gasteiger partial charge < -0.3 is 19.9 Å². The lowest BCUT2D eigenvalue weighted by Crippen LogP contribution is -2.43. The van der Waals surface area contributed by atoms with Crippen molar-refractivity contribution in [3.05, 3.63) is 35.4 Å². The number of carbonyl (C=O) groups excluding carboxylic acids is 4. The molecule has 4 rings (SSSR count). The molecule has 1 unspecified atom stereocenters. The number of hydrogen-bond acceptors (Lipinski definition) is 5. The van der Waals surface area contributed by atoms with Crippen LogP contribution in [0.5, 0.6) is 0 Å². The number of amides is 4. The molecule has 3 heterocycles. The minimum Gasteiger partial charge on any atom is -0.448 e. The number of ether oxygens (including phenoxy) is 1. The first-order valence-corrected chi connectivity index (χ1v) is 9.90. The number of cyclic esters (lactones) is 1. The van der Waals surface area contributed by atoms with Crippen LogP contribution in [0.15, 0.2) is 24.3 Å². The highest BCUT2D eigenvalue weighted by Crippen LogP contribution is 2.28. The molecule has 29 heavy (non-hydrogen) atoms. The number of hydrogen-bond donors (Lipinski definition) is 1. The van der Waals surface area contributed by atoms with Crippen molar-refractivity contribution in [2.45, 2.75) is 18.9 Å². The van der Waals surface area contributed by atoms with Crippen LogP contribution in [0.2, 0.25) is 0 Å². The predicted molar refractivity (Wildman–Crippen MR) is 102 cm³/mol. The van der Waals surface area contributed by atoms with Crippen LogP contribution in [0.3, 0.4) is 0 Å². The van der Waals surface area contributed by atoms with E-state index >= 15 is 0 Å². The first-order chi connectivity index (χ1) is 14.0. The zero-order valence-corrected chi connectivity index (χ0v) is 16.1. The van der Waals surface area contributed by atoms with E-state index in [1.165, 1.54) is 4.90 Å². The second-order valence-corrected chi connectivity index (χ2v) is 7.47. The molecule has 3 aliphatic heterocycles. The van der Waals surface area contributed by atoms with E-state index in [0.29, 0.717) is 51.3 Å². The van der Waals surface area contributed by atoms with Gasteiger partial charge in [-0.3, -0.25) is 19.3 Å². The topological polar surface area (TPSA) is 99.3 Å². The van der Waals surface area contributed by atoms with E-state index < -0.39 is 6.09 Å². The Labute approximate surface area is 168 Å². The summed E-state index contributed by atoms with van der Waals surface area (Å²) in [6.07, 6.45) is 0.426. The summed E-state index contributed by atoms with van der Waals surface area (Å²) in [6.45, 7) is 2.74. The first-order valence-electron chi connectivity index (χ1n) is 9.90. The maximum Gasteiger partial charge on any atom is 0.410 e. The van der Waals surface area contributed by atoms with Gasteiger partial charge in [-0.1, -0.05) is 18.2 Å². The molecule has 1 aromatic carbocycles. The van der Waals surface area contributed by atoms with Gasteiger partial charge in [0.05, 0.1) is 19.0 Å². The lowest BCUT2D eigenvalue weighted by molar-refractivity contribution is -0.134. The van der Waals surface area contributed by atoms with Gasteiger partial charge in [0.2, 0.25) is 11.8 Å². The van der Waals surface area contributed by atoms with Gasteiger partial charge in [0, 0.05) is 31.7 Å². The molecule has 2 fully saturated rings. The molecule has 0 aromatic heterocycles. The van der Waals surface area contributed by atoms with E-state index in [0.717, 1.165) is 5.56 Å². The van der Waals surface area contributed by atoms with Crippen molar-refractivity contribution >= 4 is 23.8 Å². The third kappa shape index (κ3) is 4.03. The highest BCUT2D eigenvalue weighted by Gasteiger charge is 2.32. The Kier molecular flexibility index (Phi) is 5.37. The fraction of sp³-hybridized carbons (Fsp3) is 0.500. The second-order valence-electron chi connectivity index (χ2n) is 7.47. The van der Waals surface area contributed by atoms with Crippen molar-refractivity contribution in [2.75, 3.05) is 45.9 Å². The molecule has 2 saturated heterocycles. The van der Waals surface area contributed by atoms with Crippen molar-refractivity contribution in [3.8, 4) is 0 Å².